The van der Waals surface area contributed by atoms with Crippen molar-refractivity contribution in [2.75, 3.05) is 45.9 Å². The Morgan fingerprint density at radius 1 is 1.00 bits per heavy atom. The lowest BCUT2D eigenvalue weighted by Gasteiger charge is -2.34. The highest BCUT2D eigenvalue weighted by atomic mass is 16.3. The zero-order valence-corrected chi connectivity index (χ0v) is 12.7. The van der Waals surface area contributed by atoms with Crippen molar-refractivity contribution in [3.63, 3.8) is 0 Å². The van der Waals surface area contributed by atoms with Crippen molar-refractivity contribution >= 4 is 10.9 Å². The molecule has 1 saturated heterocycles. The highest BCUT2D eigenvalue weighted by molar-refractivity contribution is 5.76. The second-order valence-corrected chi connectivity index (χ2v) is 5.67. The average molecular weight is 302 g/mol. The van der Waals surface area contributed by atoms with Crippen molar-refractivity contribution in [2.45, 2.75) is 6.54 Å². The van der Waals surface area contributed by atoms with Crippen LogP contribution in [0.5, 0.6) is 0 Å². The molecule has 118 valence electrons. The summed E-state index contributed by atoms with van der Waals surface area (Å²) < 4.78 is 1.70. The first kappa shape index (κ1) is 15.1. The second-order valence-electron chi connectivity index (χ2n) is 5.67. The van der Waals surface area contributed by atoms with Crippen LogP contribution in [0.3, 0.4) is 0 Å². The summed E-state index contributed by atoms with van der Waals surface area (Å²) in [5.74, 6) is 0. The SMILES string of the molecule is O=c1c2ccccc2ncn1CCN1CCN(CCO)CC1. The summed E-state index contributed by atoms with van der Waals surface area (Å²) in [6.07, 6.45) is 1.65. The first-order chi connectivity index (χ1) is 10.8. The lowest BCUT2D eigenvalue weighted by Crippen LogP contribution is -2.48. The number of fused-ring (bicyclic) bond motifs is 1. The van der Waals surface area contributed by atoms with E-state index in [1.54, 1.807) is 10.9 Å². The maximum Gasteiger partial charge on any atom is 0.261 e. The van der Waals surface area contributed by atoms with Crippen LogP contribution in [0.1, 0.15) is 0 Å². The van der Waals surface area contributed by atoms with Crippen molar-refractivity contribution in [1.29, 1.82) is 0 Å². The average Bonchev–Trinajstić information content (AvgIpc) is 2.56. The first-order valence-corrected chi connectivity index (χ1v) is 7.77. The number of piperazine rings is 1. The molecule has 0 saturated carbocycles. The van der Waals surface area contributed by atoms with Gasteiger partial charge in [0.25, 0.3) is 5.56 Å². The van der Waals surface area contributed by atoms with Gasteiger partial charge in [0.1, 0.15) is 0 Å². The van der Waals surface area contributed by atoms with E-state index >= 15 is 0 Å². The van der Waals surface area contributed by atoms with Gasteiger partial charge in [0.05, 0.1) is 23.8 Å². The molecule has 1 aliphatic rings. The molecule has 6 nitrogen and oxygen atoms in total. The Morgan fingerprint density at radius 3 is 2.41 bits per heavy atom. The smallest absolute Gasteiger partial charge is 0.261 e. The van der Waals surface area contributed by atoms with E-state index in [9.17, 15) is 4.79 Å². The molecule has 1 aromatic carbocycles. The third kappa shape index (κ3) is 3.35. The summed E-state index contributed by atoms with van der Waals surface area (Å²) in [6.45, 7) is 6.41. The minimum Gasteiger partial charge on any atom is -0.395 e. The van der Waals surface area contributed by atoms with E-state index in [0.29, 0.717) is 11.9 Å². The molecule has 2 heterocycles. The van der Waals surface area contributed by atoms with Crippen LogP contribution < -0.4 is 5.56 Å². The lowest BCUT2D eigenvalue weighted by molar-refractivity contribution is 0.110. The minimum absolute atomic E-state index is 0.0320. The van der Waals surface area contributed by atoms with Gasteiger partial charge >= 0.3 is 0 Å². The molecule has 2 aromatic rings. The summed E-state index contributed by atoms with van der Waals surface area (Å²) in [5, 5.41) is 9.63. The quantitative estimate of drug-likeness (QED) is 0.843. The van der Waals surface area contributed by atoms with Gasteiger partial charge in [-0.25, -0.2) is 4.98 Å². The molecule has 6 heteroatoms. The maximum atomic E-state index is 12.4. The van der Waals surface area contributed by atoms with E-state index in [2.05, 4.69) is 14.8 Å². The van der Waals surface area contributed by atoms with Crippen LogP contribution in [0.4, 0.5) is 0 Å². The van der Waals surface area contributed by atoms with Crippen molar-refractivity contribution in [2.24, 2.45) is 0 Å². The molecule has 0 spiro atoms. The van der Waals surface area contributed by atoms with Gasteiger partial charge in [-0.05, 0) is 12.1 Å². The molecule has 1 aliphatic heterocycles. The highest BCUT2D eigenvalue weighted by Crippen LogP contribution is 2.05. The van der Waals surface area contributed by atoms with Crippen molar-refractivity contribution in [3.8, 4) is 0 Å². The van der Waals surface area contributed by atoms with Crippen LogP contribution >= 0.6 is 0 Å². The van der Waals surface area contributed by atoms with Crippen LogP contribution in [-0.2, 0) is 6.54 Å². The van der Waals surface area contributed by atoms with Crippen LogP contribution in [0, 0.1) is 0 Å². The Labute approximate surface area is 129 Å². The van der Waals surface area contributed by atoms with Gasteiger partial charge in [0.15, 0.2) is 0 Å². The molecule has 1 fully saturated rings. The predicted octanol–water partition coefficient (Wildman–Crippen LogP) is 0.00640. The molecular formula is C16H22N4O2. The number of para-hydroxylation sites is 1. The number of hydrogen-bond acceptors (Lipinski definition) is 5. The van der Waals surface area contributed by atoms with E-state index in [1.165, 1.54) is 0 Å². The molecular weight excluding hydrogens is 280 g/mol. The Hall–Kier alpha value is -1.76. The molecule has 3 rings (SSSR count). The Morgan fingerprint density at radius 2 is 1.68 bits per heavy atom. The number of rotatable bonds is 5. The minimum atomic E-state index is 0.0320. The van der Waals surface area contributed by atoms with Crippen molar-refractivity contribution in [1.82, 2.24) is 19.4 Å². The van der Waals surface area contributed by atoms with E-state index in [0.717, 1.165) is 44.8 Å². The summed E-state index contributed by atoms with van der Waals surface area (Å²) in [6, 6.07) is 7.46. The maximum absolute atomic E-state index is 12.4. The molecule has 0 radical (unpaired) electrons. The zero-order valence-electron chi connectivity index (χ0n) is 12.7. The number of aliphatic hydroxyl groups is 1. The topological polar surface area (TPSA) is 61.6 Å². The van der Waals surface area contributed by atoms with Crippen LogP contribution in [0.15, 0.2) is 35.4 Å². The first-order valence-electron chi connectivity index (χ1n) is 7.77. The van der Waals surface area contributed by atoms with Crippen molar-refractivity contribution < 1.29 is 5.11 Å². The summed E-state index contributed by atoms with van der Waals surface area (Å²) >= 11 is 0. The van der Waals surface area contributed by atoms with Crippen LogP contribution in [0.2, 0.25) is 0 Å². The fourth-order valence-electron chi connectivity index (χ4n) is 2.89. The van der Waals surface area contributed by atoms with E-state index in [4.69, 9.17) is 5.11 Å². The van der Waals surface area contributed by atoms with Gasteiger partial charge in [-0.2, -0.15) is 0 Å². The number of aromatic nitrogens is 2. The van der Waals surface area contributed by atoms with Gasteiger partial charge in [-0.3, -0.25) is 19.2 Å². The Bertz CT molecular complexity index is 677. The number of hydrogen-bond donors (Lipinski definition) is 1. The van der Waals surface area contributed by atoms with E-state index in [-0.39, 0.29) is 12.2 Å². The molecule has 0 aliphatic carbocycles. The van der Waals surface area contributed by atoms with E-state index in [1.807, 2.05) is 24.3 Å². The predicted molar refractivity (Wildman–Crippen MR) is 86.0 cm³/mol. The molecule has 1 aromatic heterocycles. The highest BCUT2D eigenvalue weighted by Gasteiger charge is 2.16. The number of aliphatic hydroxyl groups excluding tert-OH is 1. The molecule has 1 N–H and O–H groups in total. The van der Waals surface area contributed by atoms with Crippen LogP contribution in [-0.4, -0.2) is 70.3 Å². The standard InChI is InChI=1S/C16H22N4O2/c21-12-11-19-7-5-18(6-8-19)9-10-20-13-17-15-4-2-1-3-14(15)16(20)22/h1-4,13,21H,5-12H2. The van der Waals surface area contributed by atoms with Crippen LogP contribution in [0.25, 0.3) is 10.9 Å². The third-order valence-electron chi connectivity index (χ3n) is 4.27. The van der Waals surface area contributed by atoms with Gasteiger partial charge in [0, 0.05) is 45.8 Å². The lowest BCUT2D eigenvalue weighted by atomic mass is 10.2. The van der Waals surface area contributed by atoms with Gasteiger partial charge in [-0.1, -0.05) is 12.1 Å². The molecule has 22 heavy (non-hydrogen) atoms. The largest absolute Gasteiger partial charge is 0.395 e. The third-order valence-corrected chi connectivity index (χ3v) is 4.27. The summed E-state index contributed by atoms with van der Waals surface area (Å²) in [4.78, 5) is 21.4. The second kappa shape index (κ2) is 7.00. The van der Waals surface area contributed by atoms with Gasteiger partial charge in [0.2, 0.25) is 0 Å². The molecule has 0 amide bonds. The zero-order chi connectivity index (χ0) is 15.4. The number of benzene rings is 1. The molecule has 0 unspecified atom stereocenters. The Balaban J connectivity index is 1.61. The summed E-state index contributed by atoms with van der Waals surface area (Å²) in [7, 11) is 0. The summed E-state index contributed by atoms with van der Waals surface area (Å²) in [5.41, 5.74) is 0.783. The molecule has 0 bridgehead atoms. The fourth-order valence-corrected chi connectivity index (χ4v) is 2.89. The number of β-amino-alcohol motifs (C(OH)–C–C–N with tert-alkyl or cyclic N) is 1. The monoisotopic (exact) mass is 302 g/mol. The van der Waals surface area contributed by atoms with Crippen molar-refractivity contribution in [3.05, 3.63) is 40.9 Å². The normalized spacial score (nSPS) is 17.1. The van der Waals surface area contributed by atoms with Gasteiger partial charge < -0.3 is 5.11 Å². The Kier molecular flexibility index (Phi) is 4.82. The molecule has 0 atom stereocenters. The van der Waals surface area contributed by atoms with E-state index < -0.39 is 0 Å². The van der Waals surface area contributed by atoms with Gasteiger partial charge in [-0.15, -0.1) is 0 Å². The number of nitrogens with zero attached hydrogens (tertiary/aromatic N) is 4. The fraction of sp³-hybridized carbons (Fsp3) is 0.500.